The minimum Gasteiger partial charge on any atom is -0.454 e. The van der Waals surface area contributed by atoms with Crippen LogP contribution in [0.3, 0.4) is 0 Å². The number of rotatable bonds is 5. The number of aryl methyl sites for hydroxylation is 1. The summed E-state index contributed by atoms with van der Waals surface area (Å²) in [4.78, 5) is 39.8. The molecule has 5 rings (SSSR count). The maximum Gasteiger partial charge on any atom is 0.242 e. The van der Waals surface area contributed by atoms with E-state index in [2.05, 4.69) is 22.8 Å². The van der Waals surface area contributed by atoms with Gasteiger partial charge in [-0.15, -0.1) is 0 Å². The Bertz CT molecular complexity index is 1100. The Morgan fingerprint density at radius 3 is 2.82 bits per heavy atom. The highest BCUT2D eigenvalue weighted by atomic mass is 16.7. The molecule has 33 heavy (non-hydrogen) atoms. The summed E-state index contributed by atoms with van der Waals surface area (Å²) in [6.45, 7) is 2.09. The zero-order chi connectivity index (χ0) is 22.9. The quantitative estimate of drug-likeness (QED) is 0.731. The second kappa shape index (κ2) is 8.77. The monoisotopic (exact) mass is 449 g/mol. The first-order chi connectivity index (χ1) is 16.0. The number of carbonyl (C=O) groups excluding carboxylic acids is 3. The minimum absolute atomic E-state index is 0.0450. The highest BCUT2D eigenvalue weighted by molar-refractivity contribution is 6.01. The van der Waals surface area contributed by atoms with Crippen LogP contribution in [0.2, 0.25) is 0 Å². The van der Waals surface area contributed by atoms with Crippen molar-refractivity contribution in [1.29, 1.82) is 0 Å². The van der Waals surface area contributed by atoms with Crippen LogP contribution in [0.5, 0.6) is 11.5 Å². The third kappa shape index (κ3) is 4.25. The van der Waals surface area contributed by atoms with E-state index in [1.54, 1.807) is 30.0 Å². The molecule has 2 aromatic carbocycles. The topological polar surface area (TPSA) is 97.0 Å². The third-order valence-electron chi connectivity index (χ3n) is 6.60. The number of hydrogen-bond donors (Lipinski definition) is 2. The highest BCUT2D eigenvalue weighted by Gasteiger charge is 2.37. The summed E-state index contributed by atoms with van der Waals surface area (Å²) in [7, 11) is 0. The van der Waals surface area contributed by atoms with E-state index in [1.165, 1.54) is 5.56 Å². The minimum atomic E-state index is -0.693. The van der Waals surface area contributed by atoms with Gasteiger partial charge in [0, 0.05) is 24.7 Å². The maximum absolute atomic E-state index is 12.8. The largest absolute Gasteiger partial charge is 0.454 e. The Morgan fingerprint density at radius 2 is 1.94 bits per heavy atom. The van der Waals surface area contributed by atoms with Crippen LogP contribution in [0.4, 0.5) is 5.69 Å². The molecule has 3 amide bonds. The molecule has 172 valence electrons. The number of anilines is 1. The van der Waals surface area contributed by atoms with Crippen molar-refractivity contribution in [3.63, 3.8) is 0 Å². The van der Waals surface area contributed by atoms with Crippen molar-refractivity contribution < 1.29 is 23.9 Å². The zero-order valence-electron chi connectivity index (χ0n) is 18.5. The number of nitrogens with zero attached hydrogens (tertiary/aromatic N) is 1. The van der Waals surface area contributed by atoms with Gasteiger partial charge in [0.15, 0.2) is 11.5 Å². The van der Waals surface area contributed by atoms with Gasteiger partial charge >= 0.3 is 0 Å². The van der Waals surface area contributed by atoms with Gasteiger partial charge in [-0.25, -0.2) is 0 Å². The molecule has 3 atom stereocenters. The summed E-state index contributed by atoms with van der Waals surface area (Å²) in [6.07, 6.45) is 3.02. The fourth-order valence-electron chi connectivity index (χ4n) is 4.78. The van der Waals surface area contributed by atoms with Gasteiger partial charge < -0.3 is 25.0 Å². The average Bonchev–Trinajstić information content (AvgIpc) is 3.45. The van der Waals surface area contributed by atoms with Gasteiger partial charge in [-0.05, 0) is 49.4 Å². The van der Waals surface area contributed by atoms with Crippen molar-refractivity contribution >= 4 is 23.4 Å². The molecule has 0 bridgehead atoms. The van der Waals surface area contributed by atoms with E-state index in [1.807, 2.05) is 12.1 Å². The van der Waals surface area contributed by atoms with E-state index in [4.69, 9.17) is 9.47 Å². The van der Waals surface area contributed by atoms with Gasteiger partial charge in [-0.1, -0.05) is 24.3 Å². The lowest BCUT2D eigenvalue weighted by molar-refractivity contribution is -0.131. The molecule has 2 aliphatic heterocycles. The summed E-state index contributed by atoms with van der Waals surface area (Å²) in [5.74, 6) is 0.0571. The third-order valence-corrected chi connectivity index (χ3v) is 6.60. The number of nitrogens with one attached hydrogen (secondary N) is 2. The normalized spacial score (nSPS) is 22.0. The van der Waals surface area contributed by atoms with Crippen molar-refractivity contribution in [3.05, 3.63) is 53.6 Å². The molecule has 0 radical (unpaired) electrons. The predicted molar refractivity (Wildman–Crippen MR) is 121 cm³/mol. The molecule has 3 aliphatic rings. The number of amides is 3. The van der Waals surface area contributed by atoms with Crippen molar-refractivity contribution in [2.24, 2.45) is 5.92 Å². The van der Waals surface area contributed by atoms with Crippen LogP contribution in [0.15, 0.2) is 42.5 Å². The Kier molecular flexibility index (Phi) is 5.66. The first kappa shape index (κ1) is 21.3. The van der Waals surface area contributed by atoms with Gasteiger partial charge in [0.2, 0.25) is 24.5 Å². The highest BCUT2D eigenvalue weighted by Crippen LogP contribution is 2.37. The van der Waals surface area contributed by atoms with E-state index in [0.717, 1.165) is 24.8 Å². The molecule has 1 saturated heterocycles. The van der Waals surface area contributed by atoms with Crippen molar-refractivity contribution in [2.45, 2.75) is 44.7 Å². The Morgan fingerprint density at radius 1 is 1.12 bits per heavy atom. The summed E-state index contributed by atoms with van der Waals surface area (Å²) >= 11 is 0. The number of ether oxygens (including phenoxy) is 2. The number of benzene rings is 2. The number of carbonyl (C=O) groups is 3. The summed E-state index contributed by atoms with van der Waals surface area (Å²) in [6, 6.07) is 12.7. The lowest BCUT2D eigenvalue weighted by atomic mass is 9.87. The Labute approximate surface area is 192 Å². The van der Waals surface area contributed by atoms with E-state index >= 15 is 0 Å². The standard InChI is InChI=1S/C25H27N3O5/c1-15(24(30)27-20-8-4-6-16-5-2-3-7-19(16)20)26-25(31)17-11-23(29)28(13-17)18-9-10-21-22(12-18)33-14-32-21/h2-3,5,7,9-10,12,15,17,20H,4,6,8,11,13-14H2,1H3,(H,26,31)(H,27,30). The molecule has 1 aliphatic carbocycles. The van der Waals surface area contributed by atoms with E-state index in [9.17, 15) is 14.4 Å². The van der Waals surface area contributed by atoms with Crippen molar-refractivity contribution in [2.75, 3.05) is 18.2 Å². The molecule has 0 saturated carbocycles. The lowest BCUT2D eigenvalue weighted by Crippen LogP contribution is -2.48. The molecule has 8 nitrogen and oxygen atoms in total. The maximum atomic E-state index is 12.8. The van der Waals surface area contributed by atoms with Gasteiger partial charge in [0.1, 0.15) is 6.04 Å². The van der Waals surface area contributed by atoms with Crippen LogP contribution in [-0.4, -0.2) is 37.1 Å². The molecule has 8 heteroatoms. The first-order valence-corrected chi connectivity index (χ1v) is 11.4. The average molecular weight is 450 g/mol. The van der Waals surface area contributed by atoms with Crippen LogP contribution in [-0.2, 0) is 20.8 Å². The molecule has 1 fully saturated rings. The molecule has 2 aromatic rings. The van der Waals surface area contributed by atoms with Crippen LogP contribution in [0, 0.1) is 5.92 Å². The fourth-order valence-corrected chi connectivity index (χ4v) is 4.78. The SMILES string of the molecule is CC(NC(=O)C1CC(=O)N(c2ccc3c(c2)OCO3)C1)C(=O)NC1CCCc2ccccc21. The second-order valence-corrected chi connectivity index (χ2v) is 8.83. The summed E-state index contributed by atoms with van der Waals surface area (Å²) in [5.41, 5.74) is 3.08. The van der Waals surface area contributed by atoms with Gasteiger partial charge in [0.25, 0.3) is 0 Å². The zero-order valence-corrected chi connectivity index (χ0v) is 18.5. The molecule has 0 spiro atoms. The van der Waals surface area contributed by atoms with E-state index in [-0.39, 0.29) is 43.5 Å². The van der Waals surface area contributed by atoms with E-state index in [0.29, 0.717) is 17.2 Å². The molecule has 2 heterocycles. The van der Waals surface area contributed by atoms with E-state index < -0.39 is 12.0 Å². The summed E-state index contributed by atoms with van der Waals surface area (Å²) in [5, 5.41) is 5.88. The lowest BCUT2D eigenvalue weighted by Gasteiger charge is -2.28. The second-order valence-electron chi connectivity index (χ2n) is 8.83. The molecular formula is C25H27N3O5. The number of hydrogen-bond acceptors (Lipinski definition) is 5. The van der Waals surface area contributed by atoms with Crippen LogP contribution in [0.25, 0.3) is 0 Å². The fraction of sp³-hybridized carbons (Fsp3) is 0.400. The van der Waals surface area contributed by atoms with Gasteiger partial charge in [-0.2, -0.15) is 0 Å². The van der Waals surface area contributed by atoms with Crippen LogP contribution < -0.4 is 25.0 Å². The van der Waals surface area contributed by atoms with Crippen LogP contribution >= 0.6 is 0 Å². The molecular weight excluding hydrogens is 422 g/mol. The molecule has 3 unspecified atom stereocenters. The smallest absolute Gasteiger partial charge is 0.242 e. The first-order valence-electron chi connectivity index (χ1n) is 11.4. The predicted octanol–water partition coefficient (Wildman–Crippen LogP) is 2.47. The summed E-state index contributed by atoms with van der Waals surface area (Å²) < 4.78 is 10.7. The molecule has 0 aromatic heterocycles. The number of fused-ring (bicyclic) bond motifs is 2. The Hall–Kier alpha value is -3.55. The van der Waals surface area contributed by atoms with Gasteiger partial charge in [0.05, 0.1) is 12.0 Å². The van der Waals surface area contributed by atoms with Crippen molar-refractivity contribution in [1.82, 2.24) is 10.6 Å². The van der Waals surface area contributed by atoms with Gasteiger partial charge in [-0.3, -0.25) is 14.4 Å². The van der Waals surface area contributed by atoms with Crippen LogP contribution in [0.1, 0.15) is 43.4 Å². The molecule has 2 N–H and O–H groups in total. The van der Waals surface area contributed by atoms with Crippen molar-refractivity contribution in [3.8, 4) is 11.5 Å². The Balaban J connectivity index is 1.18.